The summed E-state index contributed by atoms with van der Waals surface area (Å²) in [5.74, 6) is -0.0758. The molecule has 1 N–H and O–H groups in total. The molecular weight excluding hydrogens is 544 g/mol. The predicted molar refractivity (Wildman–Crippen MR) is 174 cm³/mol. The Balaban J connectivity index is 1.33. The maximum atomic E-state index is 14.4. The van der Waals surface area contributed by atoms with E-state index in [0.29, 0.717) is 18.6 Å². The molecular formula is C39H32N2O3. The number of allylic oxidation sites excluding steroid dienone is 1. The molecule has 0 fully saturated rings. The molecule has 0 radical (unpaired) electrons. The van der Waals surface area contributed by atoms with E-state index in [9.17, 15) is 9.59 Å². The van der Waals surface area contributed by atoms with Gasteiger partial charge in [0.2, 0.25) is 0 Å². The van der Waals surface area contributed by atoms with Gasteiger partial charge < -0.3 is 10.1 Å². The van der Waals surface area contributed by atoms with Gasteiger partial charge in [0.05, 0.1) is 23.3 Å². The van der Waals surface area contributed by atoms with Crippen LogP contribution in [-0.2, 0) is 11.4 Å². The first kappa shape index (κ1) is 27.4. The quantitative estimate of drug-likeness (QED) is 0.221. The molecule has 1 aliphatic heterocycles. The van der Waals surface area contributed by atoms with Gasteiger partial charge in [0.15, 0.2) is 0 Å². The van der Waals surface area contributed by atoms with E-state index in [1.807, 2.05) is 144 Å². The van der Waals surface area contributed by atoms with E-state index in [2.05, 4.69) is 11.4 Å². The normalized spacial score (nSPS) is 19.1. The zero-order valence-corrected chi connectivity index (χ0v) is 24.2. The minimum atomic E-state index is -0.578. The maximum absolute atomic E-state index is 14.4. The number of anilines is 2. The highest BCUT2D eigenvalue weighted by Gasteiger charge is 2.45. The summed E-state index contributed by atoms with van der Waals surface area (Å²) in [6.07, 6.45) is 2.47. The van der Waals surface area contributed by atoms with Gasteiger partial charge in [-0.05, 0) is 41.5 Å². The molecule has 0 saturated heterocycles. The average Bonchev–Trinajstić information content (AvgIpc) is 3.23. The molecule has 0 saturated carbocycles. The fourth-order valence-electron chi connectivity index (χ4n) is 6.41. The van der Waals surface area contributed by atoms with Crippen molar-refractivity contribution in [2.75, 3.05) is 10.2 Å². The molecule has 1 aliphatic carbocycles. The van der Waals surface area contributed by atoms with Crippen molar-refractivity contribution in [1.29, 1.82) is 0 Å². The van der Waals surface area contributed by atoms with E-state index in [4.69, 9.17) is 4.74 Å². The van der Waals surface area contributed by atoms with E-state index in [-0.39, 0.29) is 17.6 Å². The van der Waals surface area contributed by atoms with Crippen molar-refractivity contribution in [3.05, 3.63) is 174 Å². The molecule has 0 aromatic heterocycles. The molecule has 5 aromatic carbocycles. The Morgan fingerprint density at radius 1 is 0.750 bits per heavy atom. The van der Waals surface area contributed by atoms with Crippen molar-refractivity contribution in [2.24, 2.45) is 5.92 Å². The first-order chi connectivity index (χ1) is 21.7. The predicted octanol–water partition coefficient (Wildman–Crippen LogP) is 8.34. The van der Waals surface area contributed by atoms with Crippen LogP contribution in [0.4, 0.5) is 11.4 Å². The summed E-state index contributed by atoms with van der Waals surface area (Å²) in [5.41, 5.74) is 5.85. The Morgan fingerprint density at radius 3 is 2.16 bits per heavy atom. The number of carbonyl (C=O) groups excluding carboxylic acids is 2. The lowest BCUT2D eigenvalue weighted by atomic mass is 9.76. The van der Waals surface area contributed by atoms with Crippen molar-refractivity contribution < 1.29 is 14.3 Å². The van der Waals surface area contributed by atoms with E-state index >= 15 is 0 Å². The van der Waals surface area contributed by atoms with Crippen LogP contribution in [0, 0.1) is 5.92 Å². The standard InChI is InChI=1S/C39H32N2O3/c42-35-25-30(31-20-10-13-23-36(31)44-26-27-14-4-1-5-15-27)24-33-37(35)38(28-16-6-2-7-17-28)41(34-22-12-11-21-32(34)40-33)39(43)29-18-8-3-9-19-29/h1-24,30,37-38,40H,25-26H2/t30-,37-,38-/m1/s1. The second-order valence-corrected chi connectivity index (χ2v) is 11.2. The molecule has 3 atom stereocenters. The Hall–Kier alpha value is -5.42. The summed E-state index contributed by atoms with van der Waals surface area (Å²) >= 11 is 0. The molecule has 216 valence electrons. The van der Waals surface area contributed by atoms with Crippen LogP contribution < -0.4 is 15.0 Å². The van der Waals surface area contributed by atoms with E-state index < -0.39 is 12.0 Å². The third-order valence-corrected chi connectivity index (χ3v) is 8.46. The highest BCUT2D eigenvalue weighted by atomic mass is 16.5. The minimum Gasteiger partial charge on any atom is -0.489 e. The summed E-state index contributed by atoms with van der Waals surface area (Å²) in [6.45, 7) is 0.440. The Kier molecular flexibility index (Phi) is 7.51. The number of ether oxygens (including phenoxy) is 1. The molecule has 5 nitrogen and oxygen atoms in total. The SMILES string of the molecule is O=C1C[C@H](c2ccccc2OCc2ccccc2)C=C2Nc3ccccc3N(C(=O)c3ccccc3)[C@H](c3ccccc3)[C@@H]12. The topological polar surface area (TPSA) is 58.6 Å². The van der Waals surface area contributed by atoms with Gasteiger partial charge in [-0.15, -0.1) is 0 Å². The fraction of sp³-hybridized carbons (Fsp3) is 0.128. The summed E-state index contributed by atoms with van der Waals surface area (Å²) in [4.78, 5) is 30.6. The number of para-hydroxylation sites is 3. The van der Waals surface area contributed by atoms with Gasteiger partial charge in [-0.3, -0.25) is 14.5 Å². The van der Waals surface area contributed by atoms with Crippen molar-refractivity contribution in [2.45, 2.75) is 25.0 Å². The summed E-state index contributed by atoms with van der Waals surface area (Å²) in [5, 5.41) is 3.61. The third-order valence-electron chi connectivity index (χ3n) is 8.46. The number of nitrogens with zero attached hydrogens (tertiary/aromatic N) is 1. The summed E-state index contributed by atoms with van der Waals surface area (Å²) < 4.78 is 6.30. The molecule has 44 heavy (non-hydrogen) atoms. The summed E-state index contributed by atoms with van der Waals surface area (Å²) in [7, 11) is 0. The van der Waals surface area contributed by atoms with Crippen molar-refractivity contribution in [1.82, 2.24) is 0 Å². The minimum absolute atomic E-state index is 0.0744. The molecule has 2 aliphatic rings. The third kappa shape index (κ3) is 5.29. The molecule has 1 heterocycles. The number of fused-ring (bicyclic) bond motifs is 2. The molecule has 7 rings (SSSR count). The number of hydrogen-bond acceptors (Lipinski definition) is 4. The van der Waals surface area contributed by atoms with Crippen LogP contribution in [0.1, 0.15) is 45.4 Å². The van der Waals surface area contributed by atoms with Gasteiger partial charge in [-0.1, -0.05) is 115 Å². The largest absolute Gasteiger partial charge is 0.489 e. The Labute approximate surface area is 257 Å². The lowest BCUT2D eigenvalue weighted by molar-refractivity contribution is -0.123. The first-order valence-electron chi connectivity index (χ1n) is 15.0. The highest BCUT2D eigenvalue weighted by molar-refractivity contribution is 6.09. The Bertz CT molecular complexity index is 1820. The van der Waals surface area contributed by atoms with Gasteiger partial charge >= 0.3 is 0 Å². The molecule has 0 unspecified atom stereocenters. The van der Waals surface area contributed by atoms with Crippen molar-refractivity contribution in [3.63, 3.8) is 0 Å². The van der Waals surface area contributed by atoms with Crippen molar-refractivity contribution >= 4 is 23.1 Å². The Morgan fingerprint density at radius 2 is 1.39 bits per heavy atom. The lowest BCUT2D eigenvalue weighted by Crippen LogP contribution is -2.42. The van der Waals surface area contributed by atoms with Gasteiger partial charge in [-0.25, -0.2) is 0 Å². The van der Waals surface area contributed by atoms with Gasteiger partial charge in [0.25, 0.3) is 5.91 Å². The van der Waals surface area contributed by atoms with Crippen LogP contribution in [0.15, 0.2) is 151 Å². The molecule has 5 aromatic rings. The van der Waals surface area contributed by atoms with Gasteiger partial charge in [-0.2, -0.15) is 0 Å². The first-order valence-corrected chi connectivity index (χ1v) is 15.0. The zero-order valence-electron chi connectivity index (χ0n) is 24.2. The number of carbonyl (C=O) groups is 2. The molecule has 0 spiro atoms. The maximum Gasteiger partial charge on any atom is 0.258 e. The number of rotatable bonds is 6. The van der Waals surface area contributed by atoms with Crippen LogP contribution in [0.3, 0.4) is 0 Å². The zero-order chi connectivity index (χ0) is 29.9. The molecule has 5 heteroatoms. The van der Waals surface area contributed by atoms with Crippen LogP contribution in [-0.4, -0.2) is 11.7 Å². The number of ketones is 1. The second kappa shape index (κ2) is 12.1. The second-order valence-electron chi connectivity index (χ2n) is 11.2. The lowest BCUT2D eigenvalue weighted by Gasteiger charge is -2.37. The van der Waals surface area contributed by atoms with Gasteiger partial charge in [0.1, 0.15) is 18.1 Å². The van der Waals surface area contributed by atoms with E-state index in [0.717, 1.165) is 39.5 Å². The van der Waals surface area contributed by atoms with E-state index in [1.54, 1.807) is 0 Å². The summed E-state index contributed by atoms with van der Waals surface area (Å²) in [6, 6.07) is 44.5. The number of nitrogens with one attached hydrogen (secondary N) is 1. The van der Waals surface area contributed by atoms with Crippen LogP contribution in [0.25, 0.3) is 0 Å². The number of benzene rings is 5. The van der Waals surface area contributed by atoms with Gasteiger partial charge in [0, 0.05) is 29.2 Å². The highest BCUT2D eigenvalue weighted by Crippen LogP contribution is 2.49. The smallest absolute Gasteiger partial charge is 0.258 e. The average molecular weight is 577 g/mol. The van der Waals surface area contributed by atoms with Crippen LogP contribution >= 0.6 is 0 Å². The van der Waals surface area contributed by atoms with E-state index in [1.165, 1.54) is 0 Å². The fourth-order valence-corrected chi connectivity index (χ4v) is 6.41. The number of amides is 1. The molecule has 1 amide bonds. The molecule has 0 bridgehead atoms. The van der Waals surface area contributed by atoms with Crippen LogP contribution in [0.2, 0.25) is 0 Å². The number of hydrogen-bond donors (Lipinski definition) is 1. The monoisotopic (exact) mass is 576 g/mol. The number of Topliss-reactive ketones (excluding diaryl/α,β-unsaturated/α-hetero) is 1. The van der Waals surface area contributed by atoms with Crippen molar-refractivity contribution in [3.8, 4) is 5.75 Å². The van der Waals surface area contributed by atoms with Crippen LogP contribution in [0.5, 0.6) is 5.75 Å².